The summed E-state index contributed by atoms with van der Waals surface area (Å²) >= 11 is 0. The Morgan fingerprint density at radius 1 is 1.00 bits per heavy atom. The molecule has 0 unspecified atom stereocenters. The summed E-state index contributed by atoms with van der Waals surface area (Å²) in [7, 11) is -3.36. The molecule has 112 valence electrons. The van der Waals surface area contributed by atoms with Crippen molar-refractivity contribution in [2.24, 2.45) is 0 Å². The van der Waals surface area contributed by atoms with Crippen molar-refractivity contribution < 1.29 is 8.42 Å². The summed E-state index contributed by atoms with van der Waals surface area (Å²) in [4.78, 5) is 0.386. The number of hydrogen-bond donors (Lipinski definition) is 1. The molecule has 3 nitrogen and oxygen atoms in total. The van der Waals surface area contributed by atoms with E-state index in [9.17, 15) is 8.42 Å². The van der Waals surface area contributed by atoms with Gasteiger partial charge < -0.3 is 0 Å². The zero-order valence-corrected chi connectivity index (χ0v) is 13.1. The summed E-state index contributed by atoms with van der Waals surface area (Å²) in [6.45, 7) is 2.07. The monoisotopic (exact) mass is 295 g/mol. The summed E-state index contributed by atoms with van der Waals surface area (Å²) in [5, 5.41) is 0. The molecule has 20 heavy (non-hydrogen) atoms. The van der Waals surface area contributed by atoms with E-state index in [4.69, 9.17) is 0 Å². The van der Waals surface area contributed by atoms with E-state index < -0.39 is 10.0 Å². The van der Waals surface area contributed by atoms with Crippen LogP contribution in [0.2, 0.25) is 0 Å². The van der Waals surface area contributed by atoms with Gasteiger partial charge in [0, 0.05) is 6.04 Å². The molecule has 1 aliphatic rings. The summed E-state index contributed by atoms with van der Waals surface area (Å²) in [6, 6.07) is 7.32. The lowest BCUT2D eigenvalue weighted by Crippen LogP contribution is -2.35. The lowest BCUT2D eigenvalue weighted by molar-refractivity contribution is 0.426. The van der Waals surface area contributed by atoms with Gasteiger partial charge in [0.1, 0.15) is 0 Å². The van der Waals surface area contributed by atoms with Crippen LogP contribution in [-0.4, -0.2) is 14.5 Å². The van der Waals surface area contributed by atoms with Gasteiger partial charge in [-0.1, -0.05) is 51.2 Å². The number of rotatable bonds is 4. The van der Waals surface area contributed by atoms with Crippen LogP contribution in [0.25, 0.3) is 0 Å². The van der Waals surface area contributed by atoms with Crippen molar-refractivity contribution in [2.75, 3.05) is 0 Å². The highest BCUT2D eigenvalue weighted by Crippen LogP contribution is 2.19. The predicted octanol–water partition coefficient (Wildman–Crippen LogP) is 3.64. The second kappa shape index (κ2) is 7.23. The first-order valence-corrected chi connectivity index (χ1v) is 9.21. The molecule has 1 N–H and O–H groups in total. The average Bonchev–Trinajstić information content (AvgIpc) is 2.42. The Bertz CT molecular complexity index is 500. The molecular formula is C16H25NO2S. The van der Waals surface area contributed by atoms with Gasteiger partial charge in [-0.25, -0.2) is 13.1 Å². The van der Waals surface area contributed by atoms with Crippen LogP contribution in [0.15, 0.2) is 29.2 Å². The Morgan fingerprint density at radius 2 is 1.55 bits per heavy atom. The van der Waals surface area contributed by atoms with Crippen molar-refractivity contribution in [3.8, 4) is 0 Å². The first-order chi connectivity index (χ1) is 9.62. The van der Waals surface area contributed by atoms with Gasteiger partial charge in [-0.3, -0.25) is 0 Å². The molecular weight excluding hydrogens is 270 g/mol. The van der Waals surface area contributed by atoms with Gasteiger partial charge in [-0.05, 0) is 37.0 Å². The van der Waals surface area contributed by atoms with E-state index in [1.54, 1.807) is 12.1 Å². The highest BCUT2D eigenvalue weighted by atomic mass is 32.2. The highest BCUT2D eigenvalue weighted by molar-refractivity contribution is 7.89. The van der Waals surface area contributed by atoms with Gasteiger partial charge in [0.25, 0.3) is 0 Å². The van der Waals surface area contributed by atoms with Crippen molar-refractivity contribution >= 4 is 10.0 Å². The van der Waals surface area contributed by atoms with E-state index in [1.165, 1.54) is 19.3 Å². The molecule has 1 aromatic rings. The molecule has 0 aliphatic heterocycles. The molecule has 0 bridgehead atoms. The fourth-order valence-corrected chi connectivity index (χ4v) is 4.07. The van der Waals surface area contributed by atoms with Crippen LogP contribution in [0.3, 0.4) is 0 Å². The van der Waals surface area contributed by atoms with Gasteiger partial charge in [0.05, 0.1) is 4.90 Å². The fraction of sp³-hybridized carbons (Fsp3) is 0.625. The Balaban J connectivity index is 2.04. The standard InChI is InChI=1S/C16H25NO2S/c1-2-14-10-12-16(13-11-14)20(18,19)17-15-8-6-4-3-5-7-9-15/h10-13,15,17H,2-9H2,1H3. The van der Waals surface area contributed by atoms with Gasteiger partial charge in [-0.2, -0.15) is 0 Å². The smallest absolute Gasteiger partial charge is 0.208 e. The van der Waals surface area contributed by atoms with Gasteiger partial charge in [0.2, 0.25) is 10.0 Å². The molecule has 0 amide bonds. The summed E-state index contributed by atoms with van der Waals surface area (Å²) in [6.07, 6.45) is 8.85. The fourth-order valence-electron chi connectivity index (χ4n) is 2.77. The molecule has 4 heteroatoms. The molecule has 0 heterocycles. The molecule has 0 spiro atoms. The topological polar surface area (TPSA) is 46.2 Å². The van der Waals surface area contributed by atoms with Crippen LogP contribution in [0.1, 0.15) is 57.4 Å². The van der Waals surface area contributed by atoms with Crippen LogP contribution >= 0.6 is 0 Å². The average molecular weight is 295 g/mol. The van der Waals surface area contributed by atoms with E-state index >= 15 is 0 Å². The largest absolute Gasteiger partial charge is 0.240 e. The molecule has 2 rings (SSSR count). The molecule has 1 saturated carbocycles. The maximum absolute atomic E-state index is 12.4. The van der Waals surface area contributed by atoms with E-state index in [0.717, 1.165) is 37.7 Å². The van der Waals surface area contributed by atoms with Crippen LogP contribution in [0.5, 0.6) is 0 Å². The van der Waals surface area contributed by atoms with Crippen LogP contribution in [0, 0.1) is 0 Å². The summed E-state index contributed by atoms with van der Waals surface area (Å²) < 4.78 is 27.7. The molecule has 1 aliphatic carbocycles. The second-order valence-corrected chi connectivity index (χ2v) is 7.37. The number of aryl methyl sites for hydroxylation is 1. The van der Waals surface area contributed by atoms with Crippen LogP contribution in [0.4, 0.5) is 0 Å². The van der Waals surface area contributed by atoms with Crippen LogP contribution < -0.4 is 4.72 Å². The summed E-state index contributed by atoms with van der Waals surface area (Å²) in [5.74, 6) is 0. The van der Waals surface area contributed by atoms with E-state index in [2.05, 4.69) is 11.6 Å². The summed E-state index contributed by atoms with van der Waals surface area (Å²) in [5.41, 5.74) is 1.16. The first-order valence-electron chi connectivity index (χ1n) is 7.73. The van der Waals surface area contributed by atoms with Gasteiger partial charge >= 0.3 is 0 Å². The third kappa shape index (κ3) is 4.32. The Morgan fingerprint density at radius 3 is 2.10 bits per heavy atom. The Hall–Kier alpha value is -0.870. The van der Waals surface area contributed by atoms with Crippen molar-refractivity contribution in [3.63, 3.8) is 0 Å². The maximum Gasteiger partial charge on any atom is 0.240 e. The Kier molecular flexibility index (Phi) is 5.61. The van der Waals surface area contributed by atoms with E-state index in [0.29, 0.717) is 4.90 Å². The minimum Gasteiger partial charge on any atom is -0.208 e. The lowest BCUT2D eigenvalue weighted by atomic mass is 9.97. The molecule has 0 aromatic heterocycles. The zero-order valence-electron chi connectivity index (χ0n) is 12.3. The molecule has 1 fully saturated rings. The lowest BCUT2D eigenvalue weighted by Gasteiger charge is -2.21. The van der Waals surface area contributed by atoms with Crippen molar-refractivity contribution in [3.05, 3.63) is 29.8 Å². The number of sulfonamides is 1. The normalized spacial score (nSPS) is 18.4. The molecule has 0 atom stereocenters. The third-order valence-electron chi connectivity index (χ3n) is 4.07. The maximum atomic E-state index is 12.4. The van der Waals surface area contributed by atoms with E-state index in [1.807, 2.05) is 12.1 Å². The number of benzene rings is 1. The molecule has 0 saturated heterocycles. The number of hydrogen-bond acceptors (Lipinski definition) is 2. The van der Waals surface area contributed by atoms with Crippen molar-refractivity contribution in [2.45, 2.75) is 69.2 Å². The zero-order chi connectivity index (χ0) is 14.4. The highest BCUT2D eigenvalue weighted by Gasteiger charge is 2.20. The van der Waals surface area contributed by atoms with Crippen molar-refractivity contribution in [1.82, 2.24) is 4.72 Å². The quantitative estimate of drug-likeness (QED) is 0.921. The van der Waals surface area contributed by atoms with Crippen molar-refractivity contribution in [1.29, 1.82) is 0 Å². The van der Waals surface area contributed by atoms with Gasteiger partial charge in [0.15, 0.2) is 0 Å². The molecule has 0 radical (unpaired) electrons. The first kappa shape index (κ1) is 15.5. The second-order valence-electron chi connectivity index (χ2n) is 5.66. The SMILES string of the molecule is CCc1ccc(S(=O)(=O)NC2CCCCCCC2)cc1. The van der Waals surface area contributed by atoms with Gasteiger partial charge in [-0.15, -0.1) is 0 Å². The predicted molar refractivity (Wildman–Crippen MR) is 82.2 cm³/mol. The van der Waals surface area contributed by atoms with E-state index in [-0.39, 0.29) is 6.04 Å². The van der Waals surface area contributed by atoms with Crippen LogP contribution in [-0.2, 0) is 16.4 Å². The Labute approximate surface area is 122 Å². The molecule has 1 aromatic carbocycles. The minimum atomic E-state index is -3.36. The number of nitrogens with one attached hydrogen (secondary N) is 1. The third-order valence-corrected chi connectivity index (χ3v) is 5.61. The minimum absolute atomic E-state index is 0.103.